The molecule has 1 aliphatic heterocycles. The Kier molecular flexibility index (Phi) is 6.44. The van der Waals surface area contributed by atoms with Crippen LogP contribution in [-0.4, -0.2) is 61.6 Å². The molecule has 0 aromatic heterocycles. The van der Waals surface area contributed by atoms with Gasteiger partial charge in [0.1, 0.15) is 9.84 Å². The SMILES string of the molecule is CC(CS(C)(=O)=O)NC(=O)N1CCCC(CCC(=O)O)C1. The van der Waals surface area contributed by atoms with Crippen molar-refractivity contribution in [3.8, 4) is 0 Å². The van der Waals surface area contributed by atoms with E-state index >= 15 is 0 Å². The summed E-state index contributed by atoms with van der Waals surface area (Å²) in [6.45, 7) is 2.82. The molecule has 0 bridgehead atoms. The van der Waals surface area contributed by atoms with Gasteiger partial charge in [-0.2, -0.15) is 0 Å². The highest BCUT2D eigenvalue weighted by atomic mass is 32.2. The number of hydrogen-bond donors (Lipinski definition) is 2. The summed E-state index contributed by atoms with van der Waals surface area (Å²) < 4.78 is 22.4. The van der Waals surface area contributed by atoms with Crippen LogP contribution in [0.4, 0.5) is 4.79 Å². The lowest BCUT2D eigenvalue weighted by Crippen LogP contribution is -2.49. The van der Waals surface area contributed by atoms with Crippen molar-refractivity contribution in [1.29, 1.82) is 0 Å². The zero-order chi connectivity index (χ0) is 16.0. The highest BCUT2D eigenvalue weighted by Crippen LogP contribution is 2.21. The van der Waals surface area contributed by atoms with Gasteiger partial charge in [-0.3, -0.25) is 4.79 Å². The van der Waals surface area contributed by atoms with E-state index in [-0.39, 0.29) is 24.1 Å². The van der Waals surface area contributed by atoms with Gasteiger partial charge >= 0.3 is 12.0 Å². The largest absolute Gasteiger partial charge is 0.481 e. The third kappa shape index (κ3) is 7.31. The van der Waals surface area contributed by atoms with Crippen molar-refractivity contribution < 1.29 is 23.1 Å². The highest BCUT2D eigenvalue weighted by Gasteiger charge is 2.25. The molecule has 0 saturated carbocycles. The van der Waals surface area contributed by atoms with Crippen LogP contribution >= 0.6 is 0 Å². The number of carbonyl (C=O) groups excluding carboxylic acids is 1. The number of carboxylic acids is 1. The maximum absolute atomic E-state index is 12.1. The molecule has 0 aromatic rings. The van der Waals surface area contributed by atoms with E-state index in [1.807, 2.05) is 0 Å². The van der Waals surface area contributed by atoms with Crippen LogP contribution < -0.4 is 5.32 Å². The zero-order valence-corrected chi connectivity index (χ0v) is 13.4. The molecule has 1 saturated heterocycles. The number of aliphatic carboxylic acids is 1. The average Bonchev–Trinajstić information content (AvgIpc) is 2.34. The predicted molar refractivity (Wildman–Crippen MR) is 78.9 cm³/mol. The summed E-state index contributed by atoms with van der Waals surface area (Å²) in [5.41, 5.74) is 0. The van der Waals surface area contributed by atoms with Gasteiger partial charge in [-0.15, -0.1) is 0 Å². The molecule has 0 spiro atoms. The number of amides is 2. The van der Waals surface area contributed by atoms with E-state index in [1.165, 1.54) is 0 Å². The minimum atomic E-state index is -3.13. The summed E-state index contributed by atoms with van der Waals surface area (Å²) in [7, 11) is -3.13. The van der Waals surface area contributed by atoms with Crippen LogP contribution in [0.15, 0.2) is 0 Å². The van der Waals surface area contributed by atoms with Crippen LogP contribution in [-0.2, 0) is 14.6 Å². The van der Waals surface area contributed by atoms with Gasteiger partial charge in [-0.25, -0.2) is 13.2 Å². The summed E-state index contributed by atoms with van der Waals surface area (Å²) in [4.78, 5) is 24.3. The summed E-state index contributed by atoms with van der Waals surface area (Å²) in [5, 5.41) is 11.4. The lowest BCUT2D eigenvalue weighted by molar-refractivity contribution is -0.137. The Hall–Kier alpha value is -1.31. The fraction of sp³-hybridized carbons (Fsp3) is 0.846. The van der Waals surface area contributed by atoms with Crippen molar-refractivity contribution in [1.82, 2.24) is 10.2 Å². The van der Waals surface area contributed by atoms with Crippen molar-refractivity contribution in [3.63, 3.8) is 0 Å². The second kappa shape index (κ2) is 7.63. The van der Waals surface area contributed by atoms with E-state index in [9.17, 15) is 18.0 Å². The van der Waals surface area contributed by atoms with Gasteiger partial charge in [-0.05, 0) is 32.1 Å². The maximum Gasteiger partial charge on any atom is 0.317 e. The second-order valence-electron chi connectivity index (χ2n) is 5.83. The summed E-state index contributed by atoms with van der Waals surface area (Å²) in [6.07, 6.45) is 3.59. The van der Waals surface area contributed by atoms with Crippen LogP contribution in [0, 0.1) is 5.92 Å². The molecule has 2 amide bonds. The molecular formula is C13H24N2O5S. The smallest absolute Gasteiger partial charge is 0.317 e. The predicted octanol–water partition coefficient (Wildman–Crippen LogP) is 0.706. The zero-order valence-electron chi connectivity index (χ0n) is 12.5. The molecule has 1 aliphatic rings. The van der Waals surface area contributed by atoms with Crippen LogP contribution in [0.3, 0.4) is 0 Å². The number of carbonyl (C=O) groups is 2. The molecular weight excluding hydrogens is 296 g/mol. The molecule has 0 aliphatic carbocycles. The first kappa shape index (κ1) is 17.7. The molecule has 2 unspecified atom stereocenters. The molecule has 1 rings (SSSR count). The summed E-state index contributed by atoms with van der Waals surface area (Å²) in [5.74, 6) is -0.709. The molecule has 1 fully saturated rings. The van der Waals surface area contributed by atoms with Crippen molar-refractivity contribution in [2.45, 2.75) is 38.6 Å². The molecule has 7 nitrogen and oxygen atoms in total. The summed E-state index contributed by atoms with van der Waals surface area (Å²) in [6, 6.07) is -0.710. The lowest BCUT2D eigenvalue weighted by atomic mass is 9.93. The van der Waals surface area contributed by atoms with Crippen LogP contribution in [0.25, 0.3) is 0 Å². The Bertz CT molecular complexity index is 477. The number of rotatable bonds is 6. The Balaban J connectivity index is 2.44. The van der Waals surface area contributed by atoms with Crippen molar-refractivity contribution in [2.75, 3.05) is 25.1 Å². The number of carboxylic acid groups (broad SMARTS) is 1. The molecule has 122 valence electrons. The fourth-order valence-electron chi connectivity index (χ4n) is 2.61. The molecule has 2 N–H and O–H groups in total. The molecule has 1 heterocycles. The number of nitrogens with one attached hydrogen (secondary N) is 1. The number of hydrogen-bond acceptors (Lipinski definition) is 4. The first-order valence-electron chi connectivity index (χ1n) is 7.12. The number of piperidine rings is 1. The Morgan fingerprint density at radius 2 is 2.10 bits per heavy atom. The fourth-order valence-corrected chi connectivity index (χ4v) is 3.60. The van der Waals surface area contributed by atoms with E-state index < -0.39 is 21.8 Å². The van der Waals surface area contributed by atoms with Crippen LogP contribution in [0.2, 0.25) is 0 Å². The van der Waals surface area contributed by atoms with E-state index in [4.69, 9.17) is 5.11 Å². The molecule has 8 heteroatoms. The Morgan fingerprint density at radius 3 is 2.67 bits per heavy atom. The third-order valence-corrected chi connectivity index (χ3v) is 4.60. The maximum atomic E-state index is 12.1. The number of urea groups is 1. The summed E-state index contributed by atoms with van der Waals surface area (Å²) >= 11 is 0. The first-order valence-corrected chi connectivity index (χ1v) is 9.18. The van der Waals surface area contributed by atoms with E-state index in [0.717, 1.165) is 19.1 Å². The van der Waals surface area contributed by atoms with E-state index in [1.54, 1.807) is 11.8 Å². The van der Waals surface area contributed by atoms with Crippen molar-refractivity contribution in [3.05, 3.63) is 0 Å². The van der Waals surface area contributed by atoms with Gasteiger partial charge in [0.05, 0.1) is 5.75 Å². The Labute approximate surface area is 125 Å². The van der Waals surface area contributed by atoms with Crippen LogP contribution in [0.1, 0.15) is 32.6 Å². The third-order valence-electron chi connectivity index (χ3n) is 3.50. The van der Waals surface area contributed by atoms with E-state index in [2.05, 4.69) is 5.32 Å². The number of likely N-dealkylation sites (tertiary alicyclic amines) is 1. The first-order chi connectivity index (χ1) is 9.67. The van der Waals surface area contributed by atoms with Gasteiger partial charge < -0.3 is 15.3 Å². The van der Waals surface area contributed by atoms with Crippen LogP contribution in [0.5, 0.6) is 0 Å². The minimum Gasteiger partial charge on any atom is -0.481 e. The Morgan fingerprint density at radius 1 is 1.43 bits per heavy atom. The van der Waals surface area contributed by atoms with Crippen molar-refractivity contribution >= 4 is 21.8 Å². The van der Waals surface area contributed by atoms with E-state index in [0.29, 0.717) is 19.5 Å². The average molecular weight is 320 g/mol. The standard InChI is InChI=1S/C13H24N2O5S/c1-10(9-21(2,19)20)14-13(18)15-7-3-4-11(8-15)5-6-12(16)17/h10-11H,3-9H2,1-2H3,(H,14,18)(H,16,17). The second-order valence-corrected chi connectivity index (χ2v) is 8.01. The van der Waals surface area contributed by atoms with Crippen molar-refractivity contribution in [2.24, 2.45) is 5.92 Å². The molecule has 0 aromatic carbocycles. The van der Waals surface area contributed by atoms with Gasteiger partial charge in [-0.1, -0.05) is 0 Å². The molecule has 21 heavy (non-hydrogen) atoms. The lowest BCUT2D eigenvalue weighted by Gasteiger charge is -2.33. The van der Waals surface area contributed by atoms with Gasteiger partial charge in [0.15, 0.2) is 0 Å². The molecule has 2 atom stereocenters. The minimum absolute atomic E-state index is 0.0883. The monoisotopic (exact) mass is 320 g/mol. The van der Waals surface area contributed by atoms with Gasteiger partial charge in [0.2, 0.25) is 0 Å². The van der Waals surface area contributed by atoms with Gasteiger partial charge in [0, 0.05) is 31.8 Å². The molecule has 0 radical (unpaired) electrons. The number of sulfone groups is 1. The highest BCUT2D eigenvalue weighted by molar-refractivity contribution is 7.90. The topological polar surface area (TPSA) is 104 Å². The quantitative estimate of drug-likeness (QED) is 0.750. The normalized spacial score (nSPS) is 20.9. The number of nitrogens with zero attached hydrogens (tertiary/aromatic N) is 1. The van der Waals surface area contributed by atoms with Gasteiger partial charge in [0.25, 0.3) is 0 Å².